The van der Waals surface area contributed by atoms with Crippen molar-refractivity contribution in [1.29, 1.82) is 0 Å². The second-order valence-electron chi connectivity index (χ2n) is 6.43. The van der Waals surface area contributed by atoms with Crippen molar-refractivity contribution in [1.82, 2.24) is 4.90 Å². The van der Waals surface area contributed by atoms with Crippen LogP contribution in [-0.4, -0.2) is 47.3 Å². The molecule has 0 aliphatic carbocycles. The Kier molecular flexibility index (Phi) is 18.9. The van der Waals surface area contributed by atoms with Crippen LogP contribution in [0.3, 0.4) is 0 Å². The normalized spacial score (nSPS) is 12.0. The summed E-state index contributed by atoms with van der Waals surface area (Å²) in [5.41, 5.74) is 0. The van der Waals surface area contributed by atoms with Gasteiger partial charge in [0.2, 0.25) is 5.91 Å². The Hall–Kier alpha value is -1.39. The van der Waals surface area contributed by atoms with Gasteiger partial charge in [-0.1, -0.05) is 62.6 Å². The molecule has 150 valence electrons. The number of allylic oxidation sites excluding steroid dienone is 6. The molecule has 0 aliphatic rings. The molecule has 0 aromatic heterocycles. The fourth-order valence-corrected chi connectivity index (χ4v) is 2.66. The Morgan fingerprint density at radius 2 is 1.31 bits per heavy atom. The number of aliphatic hydroxyl groups excluding tert-OH is 2. The first-order valence-electron chi connectivity index (χ1n) is 10.2. The van der Waals surface area contributed by atoms with Crippen LogP contribution < -0.4 is 0 Å². The maximum Gasteiger partial charge on any atom is 0.222 e. The summed E-state index contributed by atoms with van der Waals surface area (Å²) in [6, 6.07) is 0. The van der Waals surface area contributed by atoms with E-state index < -0.39 is 0 Å². The van der Waals surface area contributed by atoms with E-state index in [4.69, 9.17) is 10.2 Å². The van der Waals surface area contributed by atoms with Crippen molar-refractivity contribution in [2.45, 2.75) is 71.1 Å². The van der Waals surface area contributed by atoms with Crippen molar-refractivity contribution in [3.05, 3.63) is 36.5 Å². The summed E-state index contributed by atoms with van der Waals surface area (Å²) in [5, 5.41) is 17.9. The summed E-state index contributed by atoms with van der Waals surface area (Å²) in [7, 11) is 0. The predicted octanol–water partition coefficient (Wildman–Crippen LogP) is 4.39. The Labute approximate surface area is 160 Å². The first kappa shape index (κ1) is 24.6. The molecule has 0 unspecified atom stereocenters. The van der Waals surface area contributed by atoms with E-state index in [0.717, 1.165) is 44.9 Å². The summed E-state index contributed by atoms with van der Waals surface area (Å²) in [5.74, 6) is 0.0364. The van der Waals surface area contributed by atoms with E-state index >= 15 is 0 Å². The molecule has 0 radical (unpaired) electrons. The average molecular weight is 366 g/mol. The smallest absolute Gasteiger partial charge is 0.222 e. The van der Waals surface area contributed by atoms with E-state index in [1.54, 1.807) is 4.90 Å². The molecule has 2 N–H and O–H groups in total. The molecule has 4 heteroatoms. The van der Waals surface area contributed by atoms with Crippen LogP contribution in [0.5, 0.6) is 0 Å². The molecular weight excluding hydrogens is 326 g/mol. The largest absolute Gasteiger partial charge is 0.395 e. The van der Waals surface area contributed by atoms with Crippen LogP contribution in [0.15, 0.2) is 36.5 Å². The van der Waals surface area contributed by atoms with Gasteiger partial charge >= 0.3 is 0 Å². The van der Waals surface area contributed by atoms with Crippen LogP contribution in [0.4, 0.5) is 0 Å². The van der Waals surface area contributed by atoms with Gasteiger partial charge in [-0.15, -0.1) is 0 Å². The molecule has 26 heavy (non-hydrogen) atoms. The fraction of sp³-hybridized carbons (Fsp3) is 0.682. The number of carbonyl (C=O) groups is 1. The average Bonchev–Trinajstić information content (AvgIpc) is 2.64. The lowest BCUT2D eigenvalue weighted by molar-refractivity contribution is -0.132. The highest BCUT2D eigenvalue weighted by atomic mass is 16.3. The molecular formula is C22H39NO3. The van der Waals surface area contributed by atoms with E-state index in [9.17, 15) is 4.79 Å². The third kappa shape index (κ3) is 16.1. The summed E-state index contributed by atoms with van der Waals surface area (Å²) in [6.07, 6.45) is 23.6. The molecule has 0 aromatic carbocycles. The van der Waals surface area contributed by atoms with E-state index in [2.05, 4.69) is 43.4 Å². The minimum atomic E-state index is -0.0506. The Morgan fingerprint density at radius 1 is 0.769 bits per heavy atom. The number of hydrogen-bond donors (Lipinski definition) is 2. The van der Waals surface area contributed by atoms with Crippen LogP contribution in [0, 0.1) is 0 Å². The Bertz CT molecular complexity index is 396. The molecule has 0 rings (SSSR count). The van der Waals surface area contributed by atoms with Crippen LogP contribution in [0.2, 0.25) is 0 Å². The zero-order chi connectivity index (χ0) is 19.3. The zero-order valence-corrected chi connectivity index (χ0v) is 16.6. The summed E-state index contributed by atoms with van der Waals surface area (Å²) >= 11 is 0. The van der Waals surface area contributed by atoms with Gasteiger partial charge in [-0.25, -0.2) is 0 Å². The highest BCUT2D eigenvalue weighted by Gasteiger charge is 2.11. The number of hydrogen-bond acceptors (Lipinski definition) is 3. The minimum Gasteiger partial charge on any atom is -0.395 e. The fourth-order valence-electron chi connectivity index (χ4n) is 2.66. The van der Waals surface area contributed by atoms with Gasteiger partial charge in [-0.3, -0.25) is 4.79 Å². The van der Waals surface area contributed by atoms with Gasteiger partial charge in [0.15, 0.2) is 0 Å². The van der Waals surface area contributed by atoms with Gasteiger partial charge in [0.25, 0.3) is 0 Å². The van der Waals surface area contributed by atoms with Gasteiger partial charge in [0, 0.05) is 19.5 Å². The van der Waals surface area contributed by atoms with Crippen molar-refractivity contribution in [2.24, 2.45) is 0 Å². The quantitative estimate of drug-likeness (QED) is 0.297. The molecule has 0 saturated carbocycles. The van der Waals surface area contributed by atoms with Gasteiger partial charge in [-0.05, 0) is 38.5 Å². The second-order valence-corrected chi connectivity index (χ2v) is 6.43. The number of carbonyl (C=O) groups excluding carboxylic acids is 1. The van der Waals surface area contributed by atoms with E-state index in [0.29, 0.717) is 19.5 Å². The van der Waals surface area contributed by atoms with Crippen LogP contribution in [0.1, 0.15) is 71.1 Å². The molecule has 0 fully saturated rings. The first-order valence-corrected chi connectivity index (χ1v) is 10.2. The van der Waals surface area contributed by atoms with Gasteiger partial charge < -0.3 is 15.1 Å². The third-order valence-electron chi connectivity index (χ3n) is 4.13. The highest BCUT2D eigenvalue weighted by Crippen LogP contribution is 2.09. The SMILES string of the molecule is CC/C=C/C/C=C/C/C=C/CCCCCCCC(=O)N(CCO)CCO. The third-order valence-corrected chi connectivity index (χ3v) is 4.13. The maximum atomic E-state index is 11.9. The van der Waals surface area contributed by atoms with Gasteiger partial charge in [-0.2, -0.15) is 0 Å². The molecule has 0 aromatic rings. The van der Waals surface area contributed by atoms with Crippen molar-refractivity contribution in [2.75, 3.05) is 26.3 Å². The topological polar surface area (TPSA) is 60.8 Å². The molecule has 1 amide bonds. The molecule has 4 nitrogen and oxygen atoms in total. The molecule has 0 atom stereocenters. The first-order chi connectivity index (χ1) is 12.8. The number of unbranched alkanes of at least 4 members (excludes halogenated alkanes) is 5. The van der Waals surface area contributed by atoms with E-state index in [1.807, 2.05) is 0 Å². The van der Waals surface area contributed by atoms with E-state index in [1.165, 1.54) is 12.8 Å². The number of amides is 1. The lowest BCUT2D eigenvalue weighted by Crippen LogP contribution is -2.35. The lowest BCUT2D eigenvalue weighted by atomic mass is 10.1. The van der Waals surface area contributed by atoms with Crippen LogP contribution in [-0.2, 0) is 4.79 Å². The summed E-state index contributed by atoms with van der Waals surface area (Å²) < 4.78 is 0. The summed E-state index contributed by atoms with van der Waals surface area (Å²) in [4.78, 5) is 13.5. The molecule has 0 saturated heterocycles. The maximum absolute atomic E-state index is 11.9. The van der Waals surface area contributed by atoms with Crippen molar-refractivity contribution in [3.63, 3.8) is 0 Å². The van der Waals surface area contributed by atoms with Crippen molar-refractivity contribution >= 4 is 5.91 Å². The van der Waals surface area contributed by atoms with Crippen molar-refractivity contribution < 1.29 is 15.0 Å². The number of nitrogens with zero attached hydrogens (tertiary/aromatic N) is 1. The standard InChI is InChI=1S/C22H39NO3/c1-2-3-4-5-6-7-8-9-10-11-12-13-14-15-16-17-22(26)23(18-20-24)19-21-25/h3-4,6-7,9-10,24-25H,2,5,8,11-21H2,1H3/b4-3+,7-6+,10-9+. The number of rotatable bonds is 17. The summed E-state index contributed by atoms with van der Waals surface area (Å²) in [6.45, 7) is 2.68. The second kappa shape index (κ2) is 19.9. The molecule has 0 heterocycles. The van der Waals surface area contributed by atoms with Crippen LogP contribution in [0.25, 0.3) is 0 Å². The lowest BCUT2D eigenvalue weighted by Gasteiger charge is -2.20. The van der Waals surface area contributed by atoms with Crippen molar-refractivity contribution in [3.8, 4) is 0 Å². The molecule has 0 aliphatic heterocycles. The molecule has 0 spiro atoms. The molecule has 0 bridgehead atoms. The highest BCUT2D eigenvalue weighted by molar-refractivity contribution is 5.76. The number of aliphatic hydroxyl groups is 2. The van der Waals surface area contributed by atoms with Gasteiger partial charge in [0.1, 0.15) is 0 Å². The Morgan fingerprint density at radius 3 is 1.92 bits per heavy atom. The zero-order valence-electron chi connectivity index (χ0n) is 16.6. The Balaban J connectivity index is 3.51. The van der Waals surface area contributed by atoms with Gasteiger partial charge in [0.05, 0.1) is 13.2 Å². The minimum absolute atomic E-state index is 0.0364. The van der Waals surface area contributed by atoms with Crippen LogP contribution >= 0.6 is 0 Å². The predicted molar refractivity (Wildman–Crippen MR) is 110 cm³/mol. The monoisotopic (exact) mass is 365 g/mol. The van der Waals surface area contributed by atoms with E-state index in [-0.39, 0.29) is 19.1 Å².